The summed E-state index contributed by atoms with van der Waals surface area (Å²) >= 11 is 6.14. The molecule has 94 valence electrons. The Bertz CT molecular complexity index is 437. The van der Waals surface area contributed by atoms with Crippen molar-refractivity contribution in [2.45, 2.75) is 25.8 Å². The highest BCUT2D eigenvalue weighted by molar-refractivity contribution is 6.32. The molecule has 0 aliphatic carbocycles. The van der Waals surface area contributed by atoms with Crippen LogP contribution in [0.5, 0.6) is 17.2 Å². The van der Waals surface area contributed by atoms with Crippen LogP contribution in [-0.4, -0.2) is 19.4 Å². The third kappa shape index (κ3) is 2.42. The summed E-state index contributed by atoms with van der Waals surface area (Å²) in [6.07, 6.45) is 0.600. The first-order chi connectivity index (χ1) is 7.92. The maximum atomic E-state index is 6.14. The Morgan fingerprint density at radius 1 is 1.47 bits per heavy atom. The van der Waals surface area contributed by atoms with Crippen LogP contribution in [0.15, 0.2) is 6.07 Å². The summed E-state index contributed by atoms with van der Waals surface area (Å²) in [4.78, 5) is 0. The van der Waals surface area contributed by atoms with Gasteiger partial charge in [0.2, 0.25) is 6.79 Å². The van der Waals surface area contributed by atoms with Gasteiger partial charge in [-0.3, -0.25) is 0 Å². The molecule has 0 bridgehead atoms. The first-order valence-corrected chi connectivity index (χ1v) is 5.74. The van der Waals surface area contributed by atoms with Gasteiger partial charge < -0.3 is 19.9 Å². The van der Waals surface area contributed by atoms with Gasteiger partial charge in [-0.05, 0) is 20.3 Å². The minimum atomic E-state index is -0.377. The first kappa shape index (κ1) is 12.3. The minimum absolute atomic E-state index is 0.205. The molecule has 1 heterocycles. The van der Waals surface area contributed by atoms with Crippen LogP contribution in [-0.2, 0) is 6.42 Å². The van der Waals surface area contributed by atoms with Crippen molar-refractivity contribution in [3.8, 4) is 17.2 Å². The van der Waals surface area contributed by atoms with Gasteiger partial charge in [-0.2, -0.15) is 0 Å². The summed E-state index contributed by atoms with van der Waals surface area (Å²) in [5.41, 5.74) is 6.52. The lowest BCUT2D eigenvalue weighted by Gasteiger charge is -2.21. The quantitative estimate of drug-likeness (QED) is 0.903. The van der Waals surface area contributed by atoms with Gasteiger partial charge >= 0.3 is 0 Å². The molecular weight excluding hydrogens is 242 g/mol. The lowest BCUT2D eigenvalue weighted by Crippen LogP contribution is -2.34. The molecule has 1 aliphatic rings. The van der Waals surface area contributed by atoms with Crippen LogP contribution in [0.3, 0.4) is 0 Å². The van der Waals surface area contributed by atoms with Crippen molar-refractivity contribution in [3.05, 3.63) is 16.7 Å². The SMILES string of the molecule is COc1c(Cl)cc2c(c1CC(C)(C)N)OCO2. The van der Waals surface area contributed by atoms with E-state index < -0.39 is 0 Å². The van der Waals surface area contributed by atoms with Gasteiger partial charge in [-0.15, -0.1) is 0 Å². The summed E-state index contributed by atoms with van der Waals surface area (Å²) in [5.74, 6) is 1.94. The van der Waals surface area contributed by atoms with Crippen molar-refractivity contribution in [2.75, 3.05) is 13.9 Å². The Hall–Kier alpha value is -1.13. The van der Waals surface area contributed by atoms with Gasteiger partial charge in [-0.25, -0.2) is 0 Å². The normalized spacial score (nSPS) is 13.9. The van der Waals surface area contributed by atoms with Crippen molar-refractivity contribution >= 4 is 11.6 Å². The van der Waals surface area contributed by atoms with Gasteiger partial charge in [0.25, 0.3) is 0 Å². The number of ether oxygens (including phenoxy) is 3. The number of benzene rings is 1. The summed E-state index contributed by atoms with van der Waals surface area (Å²) in [7, 11) is 1.58. The second-order valence-electron chi connectivity index (χ2n) is 4.77. The molecule has 1 aliphatic heterocycles. The molecule has 0 fully saturated rings. The van der Waals surface area contributed by atoms with Crippen LogP contribution in [0, 0.1) is 0 Å². The molecule has 17 heavy (non-hydrogen) atoms. The summed E-state index contributed by atoms with van der Waals surface area (Å²) in [5, 5.41) is 0.510. The minimum Gasteiger partial charge on any atom is -0.495 e. The van der Waals surface area contributed by atoms with E-state index in [1.165, 1.54) is 0 Å². The highest BCUT2D eigenvalue weighted by Gasteiger charge is 2.27. The standard InChI is InChI=1S/C12H16ClNO3/c1-12(2,14)5-7-10(15-3)8(13)4-9-11(7)17-6-16-9/h4H,5-6,14H2,1-3H3. The number of hydrogen-bond donors (Lipinski definition) is 1. The molecule has 2 N–H and O–H groups in total. The fraction of sp³-hybridized carbons (Fsp3) is 0.500. The molecule has 1 aromatic rings. The largest absolute Gasteiger partial charge is 0.495 e. The van der Waals surface area contributed by atoms with Crippen molar-refractivity contribution in [1.82, 2.24) is 0 Å². The van der Waals surface area contributed by atoms with Crippen LogP contribution in [0.1, 0.15) is 19.4 Å². The van der Waals surface area contributed by atoms with Crippen LogP contribution in [0.2, 0.25) is 5.02 Å². The van der Waals surface area contributed by atoms with Crippen LogP contribution in [0.25, 0.3) is 0 Å². The molecule has 5 heteroatoms. The van der Waals surface area contributed by atoms with E-state index in [-0.39, 0.29) is 12.3 Å². The third-order valence-electron chi connectivity index (χ3n) is 2.50. The van der Waals surface area contributed by atoms with Gasteiger partial charge in [0.1, 0.15) is 5.75 Å². The molecule has 0 amide bonds. The molecule has 0 aromatic heterocycles. The number of rotatable bonds is 3. The Labute approximate surface area is 106 Å². The van der Waals surface area contributed by atoms with Gasteiger partial charge in [0.15, 0.2) is 11.5 Å². The maximum absolute atomic E-state index is 6.14. The van der Waals surface area contributed by atoms with Crippen LogP contribution >= 0.6 is 11.6 Å². The zero-order chi connectivity index (χ0) is 12.6. The Balaban J connectivity index is 2.53. The van der Waals surface area contributed by atoms with E-state index in [1.807, 2.05) is 13.8 Å². The second kappa shape index (κ2) is 4.27. The molecule has 0 saturated carbocycles. The monoisotopic (exact) mass is 257 g/mol. The van der Waals surface area contributed by atoms with E-state index in [4.69, 9.17) is 31.5 Å². The topological polar surface area (TPSA) is 53.7 Å². The van der Waals surface area contributed by atoms with E-state index in [0.717, 1.165) is 5.56 Å². The van der Waals surface area contributed by atoms with E-state index in [0.29, 0.717) is 28.7 Å². The maximum Gasteiger partial charge on any atom is 0.231 e. The number of halogens is 1. The Morgan fingerprint density at radius 2 is 2.18 bits per heavy atom. The predicted octanol–water partition coefficient (Wildman–Crippen LogP) is 2.36. The average Bonchev–Trinajstić information content (AvgIpc) is 2.63. The first-order valence-electron chi connectivity index (χ1n) is 5.36. The number of nitrogens with two attached hydrogens (primary N) is 1. The molecular formula is C12H16ClNO3. The van der Waals surface area contributed by atoms with E-state index in [2.05, 4.69) is 0 Å². The molecule has 0 atom stereocenters. The van der Waals surface area contributed by atoms with E-state index in [9.17, 15) is 0 Å². The Morgan fingerprint density at radius 3 is 2.76 bits per heavy atom. The fourth-order valence-corrected chi connectivity index (χ4v) is 2.19. The summed E-state index contributed by atoms with van der Waals surface area (Å²) < 4.78 is 16.1. The molecule has 0 unspecified atom stereocenters. The lowest BCUT2D eigenvalue weighted by molar-refractivity contribution is 0.173. The van der Waals surface area contributed by atoms with Crippen molar-refractivity contribution in [1.29, 1.82) is 0 Å². The van der Waals surface area contributed by atoms with Gasteiger partial charge in [0, 0.05) is 17.2 Å². The van der Waals surface area contributed by atoms with Crippen LogP contribution < -0.4 is 19.9 Å². The number of fused-ring (bicyclic) bond motifs is 1. The highest BCUT2D eigenvalue weighted by Crippen LogP contribution is 2.46. The molecule has 0 saturated heterocycles. The molecule has 2 rings (SSSR count). The molecule has 1 aromatic carbocycles. The fourth-order valence-electron chi connectivity index (χ4n) is 1.90. The van der Waals surface area contributed by atoms with Crippen molar-refractivity contribution in [3.63, 3.8) is 0 Å². The van der Waals surface area contributed by atoms with Gasteiger partial charge in [0.05, 0.1) is 12.1 Å². The summed E-state index contributed by atoms with van der Waals surface area (Å²) in [6, 6.07) is 1.70. The predicted molar refractivity (Wildman–Crippen MR) is 66.1 cm³/mol. The highest BCUT2D eigenvalue weighted by atomic mass is 35.5. The number of methoxy groups -OCH3 is 1. The molecule has 0 radical (unpaired) electrons. The van der Waals surface area contributed by atoms with E-state index in [1.54, 1.807) is 13.2 Å². The smallest absolute Gasteiger partial charge is 0.231 e. The van der Waals surface area contributed by atoms with Crippen LogP contribution in [0.4, 0.5) is 0 Å². The second-order valence-corrected chi connectivity index (χ2v) is 5.18. The molecule has 4 nitrogen and oxygen atoms in total. The van der Waals surface area contributed by atoms with Gasteiger partial charge in [-0.1, -0.05) is 11.6 Å². The zero-order valence-electron chi connectivity index (χ0n) is 10.2. The lowest BCUT2D eigenvalue weighted by atomic mass is 9.94. The zero-order valence-corrected chi connectivity index (χ0v) is 10.9. The van der Waals surface area contributed by atoms with Crippen molar-refractivity contribution in [2.24, 2.45) is 5.73 Å². The van der Waals surface area contributed by atoms with Crippen molar-refractivity contribution < 1.29 is 14.2 Å². The molecule has 0 spiro atoms. The summed E-state index contributed by atoms with van der Waals surface area (Å²) in [6.45, 7) is 4.09. The average molecular weight is 258 g/mol. The van der Waals surface area contributed by atoms with E-state index >= 15 is 0 Å². The Kier molecular flexibility index (Phi) is 3.10. The number of hydrogen-bond acceptors (Lipinski definition) is 4. The third-order valence-corrected chi connectivity index (χ3v) is 2.78.